The fourth-order valence-electron chi connectivity index (χ4n) is 6.07. The lowest BCUT2D eigenvalue weighted by Crippen LogP contribution is -2.48. The van der Waals surface area contributed by atoms with Crippen molar-refractivity contribution < 1.29 is 24.5 Å². The summed E-state index contributed by atoms with van der Waals surface area (Å²) in [7, 11) is 0. The summed E-state index contributed by atoms with van der Waals surface area (Å²) in [6.07, 6.45) is 6.04. The van der Waals surface area contributed by atoms with E-state index in [1.54, 1.807) is 36.4 Å². The maximum Gasteiger partial charge on any atom is 0.337 e. The molecule has 2 fully saturated rings. The van der Waals surface area contributed by atoms with Crippen LogP contribution >= 0.6 is 0 Å². The zero-order chi connectivity index (χ0) is 25.1. The molecule has 1 unspecified atom stereocenters. The van der Waals surface area contributed by atoms with Crippen molar-refractivity contribution in [1.82, 2.24) is 9.78 Å². The second-order valence-corrected chi connectivity index (χ2v) is 9.97. The lowest BCUT2D eigenvalue weighted by Gasteiger charge is -2.43. The fraction of sp³-hybridized carbons (Fsp3) is 0.310. The molecule has 2 saturated carbocycles. The monoisotopic (exact) mass is 484 g/mol. The Bertz CT molecular complexity index is 1460. The molecular weight excluding hydrogens is 459 g/mol. The van der Waals surface area contributed by atoms with Gasteiger partial charge in [-0.1, -0.05) is 35.6 Å². The number of halogens is 1. The summed E-state index contributed by atoms with van der Waals surface area (Å²) >= 11 is 0. The van der Waals surface area contributed by atoms with Crippen molar-refractivity contribution in [3.63, 3.8) is 0 Å². The summed E-state index contributed by atoms with van der Waals surface area (Å²) in [5.41, 5.74) is 2.65. The van der Waals surface area contributed by atoms with Crippen LogP contribution in [0.2, 0.25) is 0 Å². The number of hydrogen-bond acceptors (Lipinski definition) is 4. The number of aliphatic hydroxyl groups excluding tert-OH is 1. The van der Waals surface area contributed by atoms with Crippen LogP contribution in [0.5, 0.6) is 0 Å². The van der Waals surface area contributed by atoms with Gasteiger partial charge in [0.15, 0.2) is 6.10 Å². The number of rotatable bonds is 4. The molecule has 0 spiro atoms. The van der Waals surface area contributed by atoms with Crippen LogP contribution in [0.1, 0.15) is 54.2 Å². The predicted molar refractivity (Wildman–Crippen MR) is 130 cm³/mol. The van der Waals surface area contributed by atoms with Gasteiger partial charge in [-0.15, -0.1) is 0 Å². The number of aromatic nitrogens is 2. The summed E-state index contributed by atoms with van der Waals surface area (Å²) in [6, 6.07) is 12.8. The highest BCUT2D eigenvalue weighted by molar-refractivity contribution is 5.75. The van der Waals surface area contributed by atoms with E-state index in [2.05, 4.69) is 23.0 Å². The zero-order valence-corrected chi connectivity index (χ0v) is 19.5. The third-order valence-electron chi connectivity index (χ3n) is 7.97. The zero-order valence-electron chi connectivity index (χ0n) is 19.5. The summed E-state index contributed by atoms with van der Waals surface area (Å²) in [5, 5.41) is 36.0. The Labute approximate surface area is 207 Å². The molecule has 0 saturated heterocycles. The van der Waals surface area contributed by atoms with Crippen molar-refractivity contribution in [2.24, 2.45) is 11.3 Å². The number of nitrogens with zero attached hydrogens (tertiary/aromatic N) is 2. The van der Waals surface area contributed by atoms with Gasteiger partial charge in [-0.25, -0.2) is 13.9 Å². The third kappa shape index (κ3) is 3.41. The Kier molecular flexibility index (Phi) is 5.15. The van der Waals surface area contributed by atoms with E-state index in [-0.39, 0.29) is 11.4 Å². The SMILES string of the molecule is O=C(O)C(O)c1ccccc1C#C[C@]1(O)CCC2=Cc3c(cnn3-c3ccc(F)cc3)C[C@@]21C1CC1. The molecule has 3 aliphatic carbocycles. The second kappa shape index (κ2) is 8.16. The Balaban J connectivity index is 1.41. The highest BCUT2D eigenvalue weighted by atomic mass is 19.1. The first kappa shape index (κ1) is 22.7. The third-order valence-corrected chi connectivity index (χ3v) is 7.97. The molecular formula is C29H25FN2O4. The summed E-state index contributed by atoms with van der Waals surface area (Å²) in [4.78, 5) is 11.4. The molecule has 2 aromatic carbocycles. The molecule has 0 aliphatic heterocycles. The van der Waals surface area contributed by atoms with Gasteiger partial charge in [0.25, 0.3) is 0 Å². The van der Waals surface area contributed by atoms with E-state index in [0.717, 1.165) is 35.4 Å². The molecule has 6 rings (SSSR count). The minimum absolute atomic E-state index is 0.210. The first-order valence-electron chi connectivity index (χ1n) is 12.1. The summed E-state index contributed by atoms with van der Waals surface area (Å²) in [5.74, 6) is 4.81. The van der Waals surface area contributed by atoms with E-state index in [4.69, 9.17) is 0 Å². The topological polar surface area (TPSA) is 95.6 Å². The summed E-state index contributed by atoms with van der Waals surface area (Å²) < 4.78 is 15.3. The van der Waals surface area contributed by atoms with Crippen LogP contribution in [-0.4, -0.2) is 36.7 Å². The van der Waals surface area contributed by atoms with E-state index in [9.17, 15) is 24.5 Å². The average Bonchev–Trinajstić information content (AvgIpc) is 3.60. The molecule has 3 aromatic rings. The first-order valence-corrected chi connectivity index (χ1v) is 12.1. The Morgan fingerprint density at radius 1 is 1.17 bits per heavy atom. The lowest BCUT2D eigenvalue weighted by molar-refractivity contribution is -0.146. The van der Waals surface area contributed by atoms with Gasteiger partial charge >= 0.3 is 5.97 Å². The number of carbonyl (C=O) groups is 1. The van der Waals surface area contributed by atoms with Crippen LogP contribution in [-0.2, 0) is 11.2 Å². The van der Waals surface area contributed by atoms with Gasteiger partial charge < -0.3 is 15.3 Å². The first-order chi connectivity index (χ1) is 17.3. The molecule has 6 nitrogen and oxygen atoms in total. The predicted octanol–water partition coefficient (Wildman–Crippen LogP) is 4.04. The number of fused-ring (bicyclic) bond motifs is 2. The Morgan fingerprint density at radius 2 is 1.92 bits per heavy atom. The minimum atomic E-state index is -1.68. The summed E-state index contributed by atoms with van der Waals surface area (Å²) in [6.45, 7) is 0. The highest BCUT2D eigenvalue weighted by Crippen LogP contribution is 2.65. The molecule has 1 heterocycles. The Morgan fingerprint density at radius 3 is 2.64 bits per heavy atom. The number of hydrogen-bond donors (Lipinski definition) is 3. The molecule has 0 amide bonds. The van der Waals surface area contributed by atoms with Crippen molar-refractivity contribution in [2.75, 3.05) is 0 Å². The van der Waals surface area contributed by atoms with Gasteiger partial charge in [-0.05, 0) is 80.0 Å². The van der Waals surface area contributed by atoms with E-state index < -0.39 is 23.1 Å². The second-order valence-electron chi connectivity index (χ2n) is 9.97. The van der Waals surface area contributed by atoms with Crippen LogP contribution in [0, 0.1) is 29.0 Å². The fourth-order valence-corrected chi connectivity index (χ4v) is 6.07. The smallest absolute Gasteiger partial charge is 0.337 e. The van der Waals surface area contributed by atoms with Crippen molar-refractivity contribution in [3.8, 4) is 17.5 Å². The molecule has 3 atom stereocenters. The number of aliphatic carboxylic acids is 1. The molecule has 3 N–H and O–H groups in total. The number of aliphatic hydroxyl groups is 2. The van der Waals surface area contributed by atoms with Gasteiger partial charge in [-0.3, -0.25) is 0 Å². The van der Waals surface area contributed by atoms with Gasteiger partial charge in [0, 0.05) is 16.5 Å². The van der Waals surface area contributed by atoms with E-state index in [0.29, 0.717) is 30.7 Å². The molecule has 0 radical (unpaired) electrons. The molecule has 1 aromatic heterocycles. The van der Waals surface area contributed by atoms with Crippen molar-refractivity contribution in [1.29, 1.82) is 0 Å². The Hall–Kier alpha value is -3.73. The van der Waals surface area contributed by atoms with Crippen LogP contribution in [0.25, 0.3) is 11.8 Å². The molecule has 7 heteroatoms. The van der Waals surface area contributed by atoms with Gasteiger partial charge in [-0.2, -0.15) is 5.10 Å². The quantitative estimate of drug-likeness (QED) is 0.486. The van der Waals surface area contributed by atoms with Crippen LogP contribution in [0.3, 0.4) is 0 Å². The van der Waals surface area contributed by atoms with Gasteiger partial charge in [0.2, 0.25) is 0 Å². The largest absolute Gasteiger partial charge is 0.479 e. The lowest BCUT2D eigenvalue weighted by atomic mass is 9.63. The molecule has 0 bridgehead atoms. The van der Waals surface area contributed by atoms with Gasteiger partial charge in [0.05, 0.1) is 17.6 Å². The molecule has 182 valence electrons. The van der Waals surface area contributed by atoms with Crippen LogP contribution in [0.4, 0.5) is 4.39 Å². The van der Waals surface area contributed by atoms with Gasteiger partial charge in [0.1, 0.15) is 11.4 Å². The van der Waals surface area contributed by atoms with E-state index in [1.165, 1.54) is 12.1 Å². The maximum absolute atomic E-state index is 13.5. The van der Waals surface area contributed by atoms with Crippen molar-refractivity contribution >= 4 is 12.0 Å². The minimum Gasteiger partial charge on any atom is -0.479 e. The van der Waals surface area contributed by atoms with E-state index >= 15 is 0 Å². The van der Waals surface area contributed by atoms with Crippen LogP contribution < -0.4 is 0 Å². The normalized spacial score (nSPS) is 25.2. The van der Waals surface area contributed by atoms with Crippen molar-refractivity contribution in [2.45, 2.75) is 43.8 Å². The van der Waals surface area contributed by atoms with Crippen LogP contribution in [0.15, 0.2) is 60.3 Å². The highest BCUT2D eigenvalue weighted by Gasteiger charge is 2.64. The maximum atomic E-state index is 13.5. The average molecular weight is 485 g/mol. The number of carboxylic acids is 1. The number of carboxylic acid groups (broad SMARTS) is 1. The van der Waals surface area contributed by atoms with E-state index in [1.807, 2.05) is 10.9 Å². The molecule has 36 heavy (non-hydrogen) atoms. The number of benzene rings is 2. The van der Waals surface area contributed by atoms with Crippen molar-refractivity contribution in [3.05, 3.63) is 88.5 Å². The molecule has 3 aliphatic rings. The standard InChI is InChI=1S/C29H25FN2O4/c30-22-7-9-23(10-8-22)32-25-15-21-12-14-28(36,29(21,20-5-6-20)16-19(25)17-31-32)13-11-18-3-1-2-4-24(18)26(33)27(34)35/h1-4,7-10,15,17,20,26,33,36H,5-6,12,14,16H2,(H,34,35)/t26?,28-,29+/m0/s1.